The van der Waals surface area contributed by atoms with E-state index >= 15 is 4.39 Å². The predicted octanol–water partition coefficient (Wildman–Crippen LogP) is 6.64. The van der Waals surface area contributed by atoms with Gasteiger partial charge < -0.3 is 19.5 Å². The second-order valence-electron chi connectivity index (χ2n) is 13.2. The Balaban J connectivity index is 1.47. The Morgan fingerprint density at radius 1 is 1.11 bits per heavy atom. The molecule has 0 spiro atoms. The van der Waals surface area contributed by atoms with E-state index in [1.165, 1.54) is 11.6 Å². The number of carbonyl (C=O) groups is 1. The highest BCUT2D eigenvalue weighted by Crippen LogP contribution is 2.49. The third-order valence-electron chi connectivity index (χ3n) is 9.00. The fourth-order valence-corrected chi connectivity index (χ4v) is 7.36. The van der Waals surface area contributed by atoms with Gasteiger partial charge in [0.15, 0.2) is 5.88 Å². The maximum Gasteiger partial charge on any atom is 0.247 e. The average molecular weight is 627 g/mol. The Kier molecular flexibility index (Phi) is 8.66. The lowest BCUT2D eigenvalue weighted by atomic mass is 9.78. The standard InChI is InChI=1S/C36H39FN4O3S/c1-35(2,3)45(43)40-36(27-12-7-11-25(19-27)22-38)17-16-26-20-29(26)34(44-23-24-9-5-4-6-10-24)41-18-8-13-32(41)33(42)39-31-21-28(36)14-15-30(31)37/h4-7,9-12,14-15,19,21,26,32,40H,8,13,16-18,20,23H2,1-3H3,(H,39,42)/b34-29+/t26?,32-,36?,45?/m1/s1. The highest BCUT2D eigenvalue weighted by atomic mass is 32.2. The van der Waals surface area contributed by atoms with Crippen molar-refractivity contribution in [2.24, 2.45) is 5.92 Å². The summed E-state index contributed by atoms with van der Waals surface area (Å²) < 4.78 is 38.7. The number of fused-ring (bicyclic) bond motifs is 4. The topological polar surface area (TPSA) is 100 Å². The molecule has 3 unspecified atom stereocenters. The number of hydrogen-bond donors (Lipinski definition) is 2. The molecule has 3 aromatic carbocycles. The Morgan fingerprint density at radius 3 is 2.64 bits per heavy atom. The smallest absolute Gasteiger partial charge is 0.247 e. The fourth-order valence-electron chi connectivity index (χ4n) is 6.40. The van der Waals surface area contributed by atoms with Crippen molar-refractivity contribution in [3.63, 3.8) is 0 Å². The summed E-state index contributed by atoms with van der Waals surface area (Å²) in [5, 5.41) is 12.7. The van der Waals surface area contributed by atoms with Crippen LogP contribution in [0.3, 0.4) is 0 Å². The van der Waals surface area contributed by atoms with Crippen molar-refractivity contribution >= 4 is 23.0 Å². The first-order valence-corrected chi connectivity index (χ1v) is 16.7. The SMILES string of the molecule is CC(C)(C)[S+]([O-])NC1(c2cccc(C#N)c2)CCC2C/C2=C(\OCc2ccccc2)N2CCC[C@@H]2C(=O)Nc2cc1ccc2F. The summed E-state index contributed by atoms with van der Waals surface area (Å²) in [7, 11) is 0. The molecule has 3 aliphatic rings. The molecular weight excluding hydrogens is 587 g/mol. The molecular formula is C36H39FN4O3S. The van der Waals surface area contributed by atoms with Gasteiger partial charge in [-0.1, -0.05) is 48.5 Å². The third kappa shape index (κ3) is 6.46. The fraction of sp³-hybridized carbons (Fsp3) is 0.389. The third-order valence-corrected chi connectivity index (χ3v) is 10.6. The summed E-state index contributed by atoms with van der Waals surface area (Å²) in [5.41, 5.74) is 3.12. The molecule has 1 aliphatic carbocycles. The predicted molar refractivity (Wildman–Crippen MR) is 173 cm³/mol. The van der Waals surface area contributed by atoms with Crippen molar-refractivity contribution in [1.29, 1.82) is 5.26 Å². The van der Waals surface area contributed by atoms with Gasteiger partial charge in [0.1, 0.15) is 28.8 Å². The molecule has 2 bridgehead atoms. The number of nitriles is 1. The molecule has 0 radical (unpaired) electrons. The molecule has 6 rings (SSSR count). The van der Waals surface area contributed by atoms with E-state index in [1.807, 2.05) is 63.2 Å². The quantitative estimate of drug-likeness (QED) is 0.298. The van der Waals surface area contributed by atoms with Crippen LogP contribution in [0.25, 0.3) is 0 Å². The molecule has 9 heteroatoms. The van der Waals surface area contributed by atoms with Gasteiger partial charge >= 0.3 is 0 Å². The zero-order chi connectivity index (χ0) is 31.8. The Labute approximate surface area is 267 Å². The number of hydrogen-bond acceptors (Lipinski definition) is 6. The van der Waals surface area contributed by atoms with Gasteiger partial charge in [-0.15, -0.1) is 4.72 Å². The summed E-state index contributed by atoms with van der Waals surface area (Å²) in [5.74, 6) is 0.106. The van der Waals surface area contributed by atoms with Crippen LogP contribution in [0, 0.1) is 23.1 Å². The Bertz CT molecular complexity index is 1650. The van der Waals surface area contributed by atoms with Gasteiger partial charge in [0.25, 0.3) is 0 Å². The van der Waals surface area contributed by atoms with Crippen LogP contribution in [0.4, 0.5) is 10.1 Å². The lowest BCUT2D eigenvalue weighted by Crippen LogP contribution is -2.52. The molecule has 1 saturated heterocycles. The second kappa shape index (κ2) is 12.5. The average Bonchev–Trinajstić information content (AvgIpc) is 3.63. The number of nitrogens with zero attached hydrogens (tertiary/aromatic N) is 2. The summed E-state index contributed by atoms with van der Waals surface area (Å²) in [6.45, 7) is 6.76. The number of anilines is 1. The van der Waals surface area contributed by atoms with Crippen molar-refractivity contribution in [3.8, 4) is 6.07 Å². The lowest BCUT2D eigenvalue weighted by molar-refractivity contribution is -0.120. The summed E-state index contributed by atoms with van der Waals surface area (Å²) in [6, 6.07) is 23.7. The van der Waals surface area contributed by atoms with E-state index in [2.05, 4.69) is 21.0 Å². The molecule has 234 valence electrons. The monoisotopic (exact) mass is 626 g/mol. The van der Waals surface area contributed by atoms with E-state index in [4.69, 9.17) is 4.74 Å². The normalized spacial score (nSPS) is 25.4. The summed E-state index contributed by atoms with van der Waals surface area (Å²) in [4.78, 5) is 15.9. The molecule has 1 amide bonds. The minimum absolute atomic E-state index is 0.0670. The van der Waals surface area contributed by atoms with Gasteiger partial charge in [0.05, 0.1) is 17.3 Å². The first kappa shape index (κ1) is 31.2. The van der Waals surface area contributed by atoms with Gasteiger partial charge in [0.2, 0.25) is 5.91 Å². The van der Waals surface area contributed by atoms with Gasteiger partial charge in [-0.05, 0) is 105 Å². The van der Waals surface area contributed by atoms with Gasteiger partial charge in [0, 0.05) is 17.9 Å². The minimum Gasteiger partial charge on any atom is -0.598 e. The number of carbonyl (C=O) groups excluding carboxylic acids is 1. The zero-order valence-corrected chi connectivity index (χ0v) is 26.8. The first-order chi connectivity index (χ1) is 21.6. The van der Waals surface area contributed by atoms with Crippen molar-refractivity contribution in [1.82, 2.24) is 9.62 Å². The molecule has 1 saturated carbocycles. The first-order valence-electron chi connectivity index (χ1n) is 15.6. The number of nitrogens with one attached hydrogen (secondary N) is 2. The van der Waals surface area contributed by atoms with Crippen LogP contribution in [0.2, 0.25) is 0 Å². The van der Waals surface area contributed by atoms with Crippen LogP contribution in [-0.2, 0) is 33.0 Å². The molecule has 7 nitrogen and oxygen atoms in total. The van der Waals surface area contributed by atoms with Crippen molar-refractivity contribution < 1.29 is 18.5 Å². The number of rotatable bonds is 6. The van der Waals surface area contributed by atoms with Crippen LogP contribution < -0.4 is 10.0 Å². The van der Waals surface area contributed by atoms with E-state index in [1.54, 1.807) is 24.3 Å². The van der Waals surface area contributed by atoms with Crippen LogP contribution in [0.1, 0.15) is 75.1 Å². The Hall–Kier alpha value is -3.84. The van der Waals surface area contributed by atoms with E-state index in [-0.39, 0.29) is 17.5 Å². The van der Waals surface area contributed by atoms with Crippen molar-refractivity contribution in [2.75, 3.05) is 11.9 Å². The molecule has 4 atom stereocenters. The highest BCUT2D eigenvalue weighted by molar-refractivity contribution is 7.90. The van der Waals surface area contributed by atoms with Crippen molar-refractivity contribution in [2.45, 2.75) is 75.8 Å². The molecule has 2 fully saturated rings. The van der Waals surface area contributed by atoms with Crippen LogP contribution >= 0.6 is 0 Å². The molecule has 2 N–H and O–H groups in total. The second-order valence-corrected chi connectivity index (χ2v) is 15.1. The van der Waals surface area contributed by atoms with Crippen LogP contribution in [0.5, 0.6) is 0 Å². The number of allylic oxidation sites excluding steroid dienone is 1. The van der Waals surface area contributed by atoms with Gasteiger partial charge in [-0.25, -0.2) is 4.39 Å². The van der Waals surface area contributed by atoms with E-state index in [0.717, 1.165) is 36.3 Å². The van der Waals surface area contributed by atoms with Crippen LogP contribution in [-0.4, -0.2) is 32.7 Å². The largest absolute Gasteiger partial charge is 0.598 e. The maximum atomic E-state index is 15.4. The van der Waals surface area contributed by atoms with Gasteiger partial charge in [-0.3, -0.25) is 4.79 Å². The molecule has 2 heterocycles. The van der Waals surface area contributed by atoms with Crippen molar-refractivity contribution in [3.05, 3.63) is 112 Å². The highest BCUT2D eigenvalue weighted by Gasteiger charge is 2.47. The number of halogens is 1. The van der Waals surface area contributed by atoms with E-state index < -0.39 is 33.5 Å². The van der Waals surface area contributed by atoms with Crippen LogP contribution in [0.15, 0.2) is 84.3 Å². The molecule has 2 aliphatic heterocycles. The molecule has 45 heavy (non-hydrogen) atoms. The zero-order valence-electron chi connectivity index (χ0n) is 25.9. The Morgan fingerprint density at radius 2 is 1.89 bits per heavy atom. The van der Waals surface area contributed by atoms with E-state index in [9.17, 15) is 14.6 Å². The van der Waals surface area contributed by atoms with Gasteiger partial charge in [-0.2, -0.15) is 5.26 Å². The number of amides is 1. The molecule has 0 aromatic heterocycles. The number of benzene rings is 3. The number of ether oxygens (including phenoxy) is 1. The van der Waals surface area contributed by atoms with E-state index in [0.29, 0.717) is 37.1 Å². The summed E-state index contributed by atoms with van der Waals surface area (Å²) >= 11 is -1.53. The summed E-state index contributed by atoms with van der Waals surface area (Å²) in [6.07, 6.45) is 3.55. The minimum atomic E-state index is -1.53. The molecule has 3 aromatic rings. The maximum absolute atomic E-state index is 15.4. The lowest BCUT2D eigenvalue weighted by Gasteiger charge is -2.39.